The molecule has 1 aliphatic heterocycles. The lowest BCUT2D eigenvalue weighted by atomic mass is 9.92. The van der Waals surface area contributed by atoms with Crippen LogP contribution < -0.4 is 10.6 Å². The van der Waals surface area contributed by atoms with E-state index in [4.69, 9.17) is 17.3 Å². The third-order valence-corrected chi connectivity index (χ3v) is 3.31. The molecule has 0 saturated carbocycles. The highest BCUT2D eigenvalue weighted by molar-refractivity contribution is 6.33. The van der Waals surface area contributed by atoms with E-state index in [9.17, 15) is 13.2 Å². The smallest absolute Gasteiger partial charge is 0.373 e. The van der Waals surface area contributed by atoms with Crippen molar-refractivity contribution in [2.45, 2.75) is 18.6 Å². The fraction of sp³-hybridized carbons (Fsp3) is 0.455. The molecule has 2 rings (SSSR count). The van der Waals surface area contributed by atoms with Gasteiger partial charge in [0.15, 0.2) is 0 Å². The molecule has 2 N–H and O–H groups in total. The second-order valence-corrected chi connectivity index (χ2v) is 4.58. The maximum absolute atomic E-state index is 12.9. The van der Waals surface area contributed by atoms with Gasteiger partial charge in [-0.2, -0.15) is 13.2 Å². The van der Waals surface area contributed by atoms with Crippen molar-refractivity contribution in [3.63, 3.8) is 0 Å². The number of hydrogen-bond donors (Lipinski definition) is 1. The van der Waals surface area contributed by atoms with Crippen molar-refractivity contribution in [1.29, 1.82) is 0 Å². The van der Waals surface area contributed by atoms with Crippen molar-refractivity contribution in [3.8, 4) is 0 Å². The normalized spacial score (nSPS) is 20.4. The van der Waals surface area contributed by atoms with Gasteiger partial charge in [-0.1, -0.05) is 11.6 Å². The molecule has 1 heterocycles. The summed E-state index contributed by atoms with van der Waals surface area (Å²) in [5.74, 6) is 0. The Morgan fingerprint density at radius 2 is 2.06 bits per heavy atom. The van der Waals surface area contributed by atoms with Crippen molar-refractivity contribution >= 4 is 17.3 Å². The molecule has 94 valence electrons. The number of hydrogen-bond acceptors (Lipinski definition) is 2. The second kappa shape index (κ2) is 4.07. The first kappa shape index (κ1) is 12.5. The van der Waals surface area contributed by atoms with Crippen LogP contribution in [0.4, 0.5) is 18.9 Å². The summed E-state index contributed by atoms with van der Waals surface area (Å²) in [6, 6.07) is 1.66. The number of rotatable bonds is 0. The zero-order valence-corrected chi connectivity index (χ0v) is 9.94. The Morgan fingerprint density at radius 3 is 2.65 bits per heavy atom. The Hall–Kier alpha value is -0.940. The van der Waals surface area contributed by atoms with Gasteiger partial charge >= 0.3 is 6.18 Å². The number of anilines is 1. The topological polar surface area (TPSA) is 29.3 Å². The highest BCUT2D eigenvalue weighted by Gasteiger charge is 2.38. The largest absolute Gasteiger partial charge is 0.416 e. The Bertz CT molecular complexity index is 445. The van der Waals surface area contributed by atoms with Gasteiger partial charge < -0.3 is 10.6 Å². The van der Waals surface area contributed by atoms with Crippen LogP contribution in [0.1, 0.15) is 23.6 Å². The van der Waals surface area contributed by atoms with Crippen molar-refractivity contribution in [2.24, 2.45) is 5.73 Å². The van der Waals surface area contributed by atoms with Gasteiger partial charge in [-0.15, -0.1) is 0 Å². The minimum absolute atomic E-state index is 0.110. The lowest BCUT2D eigenvalue weighted by Gasteiger charge is -2.34. The monoisotopic (exact) mass is 264 g/mol. The maximum atomic E-state index is 12.9. The van der Waals surface area contributed by atoms with Crippen LogP contribution in [-0.4, -0.2) is 13.6 Å². The predicted molar refractivity (Wildman–Crippen MR) is 61.3 cm³/mol. The van der Waals surface area contributed by atoms with Crippen LogP contribution in [0.3, 0.4) is 0 Å². The SMILES string of the molecule is CN1CCC(N)c2c(C(F)(F)F)ccc(Cl)c21. The molecule has 0 aromatic heterocycles. The van der Waals surface area contributed by atoms with Crippen molar-refractivity contribution < 1.29 is 13.2 Å². The van der Waals surface area contributed by atoms with Crippen LogP contribution >= 0.6 is 11.6 Å². The molecule has 17 heavy (non-hydrogen) atoms. The molecule has 1 aliphatic rings. The fourth-order valence-electron chi connectivity index (χ4n) is 2.18. The highest BCUT2D eigenvalue weighted by Crippen LogP contribution is 2.44. The van der Waals surface area contributed by atoms with E-state index in [1.807, 2.05) is 0 Å². The first-order chi connectivity index (χ1) is 7.82. The third kappa shape index (κ3) is 2.09. The average molecular weight is 265 g/mol. The van der Waals surface area contributed by atoms with E-state index in [0.717, 1.165) is 6.07 Å². The van der Waals surface area contributed by atoms with Crippen molar-refractivity contribution in [2.75, 3.05) is 18.5 Å². The lowest BCUT2D eigenvalue weighted by Crippen LogP contribution is -2.32. The number of nitrogens with zero attached hydrogens (tertiary/aromatic N) is 1. The van der Waals surface area contributed by atoms with E-state index in [1.165, 1.54) is 6.07 Å². The summed E-state index contributed by atoms with van der Waals surface area (Å²) in [6.45, 7) is 0.606. The van der Waals surface area contributed by atoms with E-state index >= 15 is 0 Å². The summed E-state index contributed by atoms with van der Waals surface area (Å²) in [7, 11) is 1.72. The first-order valence-corrected chi connectivity index (χ1v) is 5.56. The molecule has 0 fully saturated rings. The average Bonchev–Trinajstić information content (AvgIpc) is 2.22. The molecule has 1 aromatic carbocycles. The zero-order valence-electron chi connectivity index (χ0n) is 9.18. The highest BCUT2D eigenvalue weighted by atomic mass is 35.5. The molecule has 0 bridgehead atoms. The number of fused-ring (bicyclic) bond motifs is 1. The van der Waals surface area contributed by atoms with E-state index in [2.05, 4.69) is 0 Å². The molecule has 6 heteroatoms. The van der Waals surface area contributed by atoms with Gasteiger partial charge in [-0.05, 0) is 18.6 Å². The summed E-state index contributed by atoms with van der Waals surface area (Å²) in [5.41, 5.74) is 5.62. The molecule has 2 nitrogen and oxygen atoms in total. The van der Waals surface area contributed by atoms with Crippen LogP contribution in [0.25, 0.3) is 0 Å². The summed E-state index contributed by atoms with van der Waals surface area (Å²) >= 11 is 5.96. The molecule has 0 radical (unpaired) electrons. The molecular formula is C11H12ClF3N2. The number of benzene rings is 1. The van der Waals surface area contributed by atoms with Crippen LogP contribution in [0.15, 0.2) is 12.1 Å². The molecule has 0 aliphatic carbocycles. The van der Waals surface area contributed by atoms with Crippen molar-refractivity contribution in [3.05, 3.63) is 28.3 Å². The van der Waals surface area contributed by atoms with Gasteiger partial charge in [-0.25, -0.2) is 0 Å². The van der Waals surface area contributed by atoms with Crippen LogP contribution in [0, 0.1) is 0 Å². The fourth-order valence-corrected chi connectivity index (χ4v) is 2.49. The molecule has 1 unspecified atom stereocenters. The second-order valence-electron chi connectivity index (χ2n) is 4.17. The molecule has 0 saturated heterocycles. The van der Waals surface area contributed by atoms with E-state index < -0.39 is 17.8 Å². The Morgan fingerprint density at radius 1 is 1.41 bits per heavy atom. The Balaban J connectivity index is 2.70. The van der Waals surface area contributed by atoms with Gasteiger partial charge in [0.25, 0.3) is 0 Å². The Kier molecular flexibility index (Phi) is 2.99. The van der Waals surface area contributed by atoms with E-state index in [-0.39, 0.29) is 5.56 Å². The molecule has 0 spiro atoms. The number of halogens is 4. The van der Waals surface area contributed by atoms with Crippen LogP contribution in [0.2, 0.25) is 5.02 Å². The predicted octanol–water partition coefficient (Wildman–Crippen LogP) is 3.20. The molecule has 1 aromatic rings. The summed E-state index contributed by atoms with van der Waals surface area (Å²) < 4.78 is 38.7. The number of nitrogens with two attached hydrogens (primary N) is 1. The van der Waals surface area contributed by atoms with Crippen molar-refractivity contribution in [1.82, 2.24) is 0 Å². The van der Waals surface area contributed by atoms with Gasteiger partial charge in [-0.3, -0.25) is 0 Å². The Labute approximate surface area is 102 Å². The van der Waals surface area contributed by atoms with E-state index in [0.29, 0.717) is 23.7 Å². The van der Waals surface area contributed by atoms with Gasteiger partial charge in [0.1, 0.15) is 0 Å². The number of alkyl halides is 3. The summed E-state index contributed by atoms with van der Waals surface area (Å²) in [4.78, 5) is 1.72. The van der Waals surface area contributed by atoms with Gasteiger partial charge in [0, 0.05) is 25.2 Å². The maximum Gasteiger partial charge on any atom is 0.416 e. The molecule has 0 amide bonds. The molecular weight excluding hydrogens is 253 g/mol. The van der Waals surface area contributed by atoms with Crippen LogP contribution in [-0.2, 0) is 6.18 Å². The lowest BCUT2D eigenvalue weighted by molar-refractivity contribution is -0.138. The molecule has 1 atom stereocenters. The quantitative estimate of drug-likeness (QED) is 0.780. The zero-order chi connectivity index (χ0) is 12.8. The van der Waals surface area contributed by atoms with Gasteiger partial charge in [0.05, 0.1) is 16.3 Å². The van der Waals surface area contributed by atoms with E-state index in [1.54, 1.807) is 11.9 Å². The van der Waals surface area contributed by atoms with Crippen LogP contribution in [0.5, 0.6) is 0 Å². The minimum Gasteiger partial charge on any atom is -0.373 e. The van der Waals surface area contributed by atoms with Gasteiger partial charge in [0.2, 0.25) is 0 Å². The third-order valence-electron chi connectivity index (χ3n) is 3.00. The summed E-state index contributed by atoms with van der Waals surface area (Å²) in [5, 5.41) is 0.311. The first-order valence-electron chi connectivity index (χ1n) is 5.18. The summed E-state index contributed by atoms with van der Waals surface area (Å²) in [6.07, 6.45) is -3.91. The minimum atomic E-state index is -4.40. The standard InChI is InChI=1S/C11H12ClF3N2/c1-17-5-4-8(16)9-6(11(13,14)15)2-3-7(12)10(9)17/h2-3,8H,4-5,16H2,1H3.